The van der Waals surface area contributed by atoms with E-state index in [1.807, 2.05) is 0 Å². The van der Waals surface area contributed by atoms with Crippen molar-refractivity contribution in [3.05, 3.63) is 71.2 Å². The first-order valence-electron chi connectivity index (χ1n) is 10.5. The summed E-state index contributed by atoms with van der Waals surface area (Å²) in [5.41, 5.74) is -1.26. The third-order valence-electron chi connectivity index (χ3n) is 4.85. The molecule has 0 spiro atoms. The molecule has 0 aliphatic carbocycles. The van der Waals surface area contributed by atoms with Crippen LogP contribution in [0.15, 0.2) is 42.7 Å². The Morgan fingerprint density at radius 1 is 0.974 bits per heavy atom. The minimum absolute atomic E-state index is 0.180. The Bertz CT molecular complexity index is 1300. The highest BCUT2D eigenvalue weighted by Gasteiger charge is 2.38. The van der Waals surface area contributed by atoms with Crippen LogP contribution in [0, 0.1) is 11.6 Å². The van der Waals surface area contributed by atoms with Crippen molar-refractivity contribution in [1.29, 1.82) is 0 Å². The zero-order chi connectivity index (χ0) is 29.5. The van der Waals surface area contributed by atoms with Crippen molar-refractivity contribution in [2.24, 2.45) is 0 Å². The normalized spacial score (nSPS) is 11.4. The second-order valence-corrected chi connectivity index (χ2v) is 7.44. The minimum Gasteiger partial charge on any atom is -0.484 e. The number of alkyl halides is 6. The Kier molecular flexibility index (Phi) is 9.85. The molecule has 0 unspecified atom stereocenters. The first-order valence-corrected chi connectivity index (χ1v) is 10.5. The molecule has 0 saturated heterocycles. The standard InChI is InChI=1S/C21H17F5N2O4.C2HF3O2/c1-31-17-6-4-13(10-27-17)28-9-8-14(21(24,25)26)15(28)11-32-16-5-2-12(3-7-18(29)30)19(22)20(16)23;3-2(4,5)1(6)7/h2,4-6,8-10H,3,7,11H2,1H3,(H,29,30);(H,6,7). The number of carboxylic acid groups (broad SMARTS) is 2. The van der Waals surface area contributed by atoms with Gasteiger partial charge in [-0.05, 0) is 30.2 Å². The number of methoxy groups -OCH3 is 1. The topological polar surface area (TPSA) is 111 Å². The lowest BCUT2D eigenvalue weighted by Crippen LogP contribution is -2.21. The van der Waals surface area contributed by atoms with E-state index in [0.717, 1.165) is 24.4 Å². The summed E-state index contributed by atoms with van der Waals surface area (Å²) in [6, 6.07) is 5.96. The number of pyridine rings is 1. The molecule has 3 aromatic rings. The number of benzene rings is 1. The number of nitrogens with zero attached hydrogens (tertiary/aromatic N) is 2. The molecule has 0 amide bonds. The number of aromatic nitrogens is 2. The zero-order valence-corrected chi connectivity index (χ0v) is 19.6. The zero-order valence-electron chi connectivity index (χ0n) is 19.6. The molecule has 0 aliphatic heterocycles. The summed E-state index contributed by atoms with van der Waals surface area (Å²) in [6.45, 7) is -0.724. The Hall–Kier alpha value is -4.37. The maximum absolute atomic E-state index is 14.4. The molecule has 0 fully saturated rings. The van der Waals surface area contributed by atoms with Gasteiger partial charge in [-0.1, -0.05) is 6.07 Å². The molecule has 8 nitrogen and oxygen atoms in total. The summed E-state index contributed by atoms with van der Waals surface area (Å²) in [7, 11) is 1.39. The summed E-state index contributed by atoms with van der Waals surface area (Å²) in [5, 5.41) is 15.8. The van der Waals surface area contributed by atoms with Gasteiger partial charge in [-0.15, -0.1) is 0 Å². The van der Waals surface area contributed by atoms with Crippen molar-refractivity contribution in [3.8, 4) is 17.3 Å². The molecular formula is C23H18F8N2O6. The average molecular weight is 570 g/mol. The number of ether oxygens (including phenoxy) is 2. The smallest absolute Gasteiger partial charge is 0.484 e. The number of rotatable bonds is 8. The van der Waals surface area contributed by atoms with Gasteiger partial charge in [0, 0.05) is 18.7 Å². The van der Waals surface area contributed by atoms with E-state index >= 15 is 0 Å². The second-order valence-electron chi connectivity index (χ2n) is 7.44. The first-order chi connectivity index (χ1) is 18.1. The molecule has 0 aliphatic rings. The molecule has 0 atom stereocenters. The predicted molar refractivity (Wildman–Crippen MR) is 115 cm³/mol. The van der Waals surface area contributed by atoms with E-state index in [-0.39, 0.29) is 29.2 Å². The van der Waals surface area contributed by atoms with Crippen LogP contribution in [0.1, 0.15) is 23.2 Å². The number of aryl methyl sites for hydroxylation is 1. The van der Waals surface area contributed by atoms with E-state index in [9.17, 15) is 39.9 Å². The summed E-state index contributed by atoms with van der Waals surface area (Å²) in [5.74, 6) is -7.00. The molecule has 2 heterocycles. The van der Waals surface area contributed by atoms with Gasteiger partial charge >= 0.3 is 24.3 Å². The molecule has 2 N–H and O–H groups in total. The highest BCUT2D eigenvalue weighted by atomic mass is 19.4. The molecule has 1 aromatic carbocycles. The summed E-state index contributed by atoms with van der Waals surface area (Å²) in [4.78, 5) is 23.5. The van der Waals surface area contributed by atoms with Crippen LogP contribution >= 0.6 is 0 Å². The van der Waals surface area contributed by atoms with E-state index in [1.165, 1.54) is 30.0 Å². The Morgan fingerprint density at radius 2 is 1.62 bits per heavy atom. The fourth-order valence-corrected chi connectivity index (χ4v) is 3.01. The van der Waals surface area contributed by atoms with Crippen LogP contribution in [0.25, 0.3) is 5.69 Å². The Morgan fingerprint density at radius 3 is 2.10 bits per heavy atom. The Labute approximate surface area is 214 Å². The van der Waals surface area contributed by atoms with Crippen LogP contribution in [0.3, 0.4) is 0 Å². The number of carboxylic acids is 2. The largest absolute Gasteiger partial charge is 0.490 e. The monoisotopic (exact) mass is 570 g/mol. The van der Waals surface area contributed by atoms with Crippen LogP contribution in [0.5, 0.6) is 11.6 Å². The molecule has 16 heteroatoms. The molecule has 39 heavy (non-hydrogen) atoms. The SMILES string of the molecule is COc1ccc(-n2ccc(C(F)(F)F)c2COc2ccc(CCC(=O)O)c(F)c2F)cn1.O=C(O)C(F)(F)F. The van der Waals surface area contributed by atoms with E-state index in [4.69, 9.17) is 24.5 Å². The molecule has 212 valence electrons. The molecule has 0 radical (unpaired) electrons. The van der Waals surface area contributed by atoms with Crippen molar-refractivity contribution in [3.63, 3.8) is 0 Å². The lowest BCUT2D eigenvalue weighted by Gasteiger charge is -2.15. The maximum atomic E-state index is 14.4. The van der Waals surface area contributed by atoms with Crippen molar-refractivity contribution in [1.82, 2.24) is 9.55 Å². The van der Waals surface area contributed by atoms with Crippen LogP contribution < -0.4 is 9.47 Å². The van der Waals surface area contributed by atoms with Gasteiger partial charge in [0.15, 0.2) is 11.6 Å². The van der Waals surface area contributed by atoms with Gasteiger partial charge in [0.25, 0.3) is 0 Å². The molecule has 3 rings (SSSR count). The molecule has 2 aromatic heterocycles. The van der Waals surface area contributed by atoms with E-state index in [1.54, 1.807) is 0 Å². The molecule has 0 saturated carbocycles. The van der Waals surface area contributed by atoms with Gasteiger partial charge in [-0.3, -0.25) is 4.79 Å². The van der Waals surface area contributed by atoms with Crippen molar-refractivity contribution in [2.75, 3.05) is 7.11 Å². The van der Waals surface area contributed by atoms with Gasteiger partial charge in [-0.2, -0.15) is 30.7 Å². The number of halogens is 8. The van der Waals surface area contributed by atoms with Gasteiger partial charge in [0.2, 0.25) is 11.7 Å². The molecule has 0 bridgehead atoms. The van der Waals surface area contributed by atoms with Gasteiger partial charge < -0.3 is 24.3 Å². The lowest BCUT2D eigenvalue weighted by molar-refractivity contribution is -0.192. The molecular weight excluding hydrogens is 552 g/mol. The predicted octanol–water partition coefficient (Wildman–Crippen LogP) is 5.41. The van der Waals surface area contributed by atoms with Gasteiger partial charge in [-0.25, -0.2) is 14.2 Å². The fourth-order valence-electron chi connectivity index (χ4n) is 3.01. The van der Waals surface area contributed by atoms with Gasteiger partial charge in [0.1, 0.15) is 6.61 Å². The lowest BCUT2D eigenvalue weighted by atomic mass is 10.1. The maximum Gasteiger partial charge on any atom is 0.490 e. The van der Waals surface area contributed by atoms with E-state index in [0.29, 0.717) is 0 Å². The summed E-state index contributed by atoms with van der Waals surface area (Å²) in [6.07, 6.45) is -8.00. The third kappa shape index (κ3) is 8.31. The highest BCUT2D eigenvalue weighted by molar-refractivity contribution is 5.73. The van der Waals surface area contributed by atoms with E-state index in [2.05, 4.69) is 4.98 Å². The van der Waals surface area contributed by atoms with Gasteiger partial charge in [0.05, 0.1) is 30.3 Å². The van der Waals surface area contributed by atoms with Crippen molar-refractivity contribution < 1.29 is 64.4 Å². The van der Waals surface area contributed by atoms with Crippen LogP contribution in [0.2, 0.25) is 0 Å². The third-order valence-corrected chi connectivity index (χ3v) is 4.85. The van der Waals surface area contributed by atoms with E-state index < -0.39 is 60.3 Å². The first kappa shape index (κ1) is 30.9. The second kappa shape index (κ2) is 12.4. The number of hydrogen-bond donors (Lipinski definition) is 2. The van der Waals surface area contributed by atoms with Crippen LogP contribution in [-0.2, 0) is 28.8 Å². The Balaban J connectivity index is 0.000000673. The van der Waals surface area contributed by atoms with Crippen LogP contribution in [-0.4, -0.2) is 45.0 Å². The average Bonchev–Trinajstić information content (AvgIpc) is 3.28. The number of carbonyl (C=O) groups is 2. The fraction of sp³-hybridized carbons (Fsp3) is 0.261. The van der Waals surface area contributed by atoms with Crippen molar-refractivity contribution in [2.45, 2.75) is 31.8 Å². The summed E-state index contributed by atoms with van der Waals surface area (Å²) < 4.78 is 112. The van der Waals surface area contributed by atoms with Crippen molar-refractivity contribution >= 4 is 11.9 Å². The quantitative estimate of drug-likeness (QED) is 0.349. The minimum atomic E-state index is -5.08. The highest BCUT2D eigenvalue weighted by Crippen LogP contribution is 2.35. The van der Waals surface area contributed by atoms with Crippen LogP contribution in [0.4, 0.5) is 35.1 Å². The number of hydrogen-bond acceptors (Lipinski definition) is 5. The number of aliphatic carboxylic acids is 2. The summed E-state index contributed by atoms with van der Waals surface area (Å²) >= 11 is 0.